The van der Waals surface area contributed by atoms with Gasteiger partial charge in [-0.2, -0.15) is 0 Å². The minimum absolute atomic E-state index is 0.0430. The summed E-state index contributed by atoms with van der Waals surface area (Å²) >= 11 is 2.15. The first-order valence-corrected chi connectivity index (χ1v) is 19.8. The second-order valence-electron chi connectivity index (χ2n) is 18.0. The molecule has 2 aliphatic carbocycles. The predicted molar refractivity (Wildman–Crippen MR) is 206 cm³/mol. The van der Waals surface area contributed by atoms with Gasteiger partial charge in [-0.1, -0.05) is 117 Å². The summed E-state index contributed by atoms with van der Waals surface area (Å²) in [6.45, 7) is 19.9. The summed E-state index contributed by atoms with van der Waals surface area (Å²) in [6.07, 6.45) is 16.2. The first-order valence-electron chi connectivity index (χ1n) is 18.6. The number of hydrogen-bond acceptors (Lipinski definition) is 2. The summed E-state index contributed by atoms with van der Waals surface area (Å²) in [5.74, 6) is 3.45. The first kappa shape index (κ1) is 37.6. The molecule has 2 fully saturated rings. The Kier molecular flexibility index (Phi) is 11.4. The fraction of sp³-hybridized carbons (Fsp3) is 0.500. The normalized spacial score (nSPS) is 22.3. The zero-order chi connectivity index (χ0) is 35.7. The van der Waals surface area contributed by atoms with E-state index in [0.717, 1.165) is 57.2 Å². The van der Waals surface area contributed by atoms with Crippen molar-refractivity contribution in [2.75, 3.05) is 0 Å². The van der Waals surface area contributed by atoms with Gasteiger partial charge in [-0.15, -0.1) is 0 Å². The maximum atomic E-state index is 11.8. The van der Waals surface area contributed by atoms with Gasteiger partial charge in [0, 0.05) is 11.1 Å². The van der Waals surface area contributed by atoms with Gasteiger partial charge < -0.3 is 10.2 Å². The van der Waals surface area contributed by atoms with Gasteiger partial charge in [-0.25, -0.2) is 0 Å². The van der Waals surface area contributed by atoms with Crippen LogP contribution in [0.25, 0.3) is 22.3 Å². The van der Waals surface area contributed by atoms with Gasteiger partial charge in [-0.3, -0.25) is 0 Å². The Morgan fingerprint density at radius 3 is 1.45 bits per heavy atom. The molecule has 3 aromatic rings. The van der Waals surface area contributed by atoms with Crippen LogP contribution in [0.15, 0.2) is 78.4 Å². The van der Waals surface area contributed by atoms with Crippen LogP contribution < -0.4 is 0 Å². The fourth-order valence-electron chi connectivity index (χ4n) is 8.11. The molecule has 2 nitrogen and oxygen atoms in total. The van der Waals surface area contributed by atoms with Crippen LogP contribution in [0.4, 0.5) is 0 Å². The van der Waals surface area contributed by atoms with Crippen LogP contribution >= 0.6 is 0 Å². The monoisotopic (exact) mass is 742 g/mol. The minimum atomic E-state index is -0.199. The van der Waals surface area contributed by atoms with Gasteiger partial charge in [-0.05, 0) is 38.6 Å². The van der Waals surface area contributed by atoms with Crippen LogP contribution in [0.5, 0.6) is 11.5 Å². The SMILES string of the molecule is CC(C)(C)/C(=C\C1CCC(/C=C\C2CCC([CH]=[Mo])C2)C1)Cc1c(-c2cccc(C(C)(C)C)c2O)cccc1-c1cccc(C(C)(C)C)c1O. The van der Waals surface area contributed by atoms with E-state index in [1.165, 1.54) is 44.1 Å². The summed E-state index contributed by atoms with van der Waals surface area (Å²) in [4.78, 5) is 0. The Balaban J connectivity index is 1.59. The van der Waals surface area contributed by atoms with Crippen LogP contribution in [-0.2, 0) is 36.6 Å². The molecule has 0 spiro atoms. The van der Waals surface area contributed by atoms with E-state index in [4.69, 9.17) is 0 Å². The summed E-state index contributed by atoms with van der Waals surface area (Å²) in [5.41, 5.74) is 7.79. The number of hydrogen-bond donors (Lipinski definition) is 2. The number of rotatable bonds is 8. The Morgan fingerprint density at radius 2 is 1.02 bits per heavy atom. The topological polar surface area (TPSA) is 40.5 Å². The number of phenols is 2. The quantitative estimate of drug-likeness (QED) is 0.178. The zero-order valence-electron chi connectivity index (χ0n) is 31.6. The van der Waals surface area contributed by atoms with Crippen LogP contribution in [0.3, 0.4) is 0 Å². The standard InChI is InChI=1S/C46H60O2.Mo/c1-30-20-21-31(26-30)22-23-32-24-25-33(27-32)28-34(44(2,3)4)29-39-35(37-16-12-18-40(42(37)47)45(5,6)7)14-11-15-36(39)38-17-13-19-41(43(38)48)46(8,9)10;/h1,11-19,22-23,28,30-33,47-48H,20-21,24-27,29H2,2-10H3;/b23-22-,34-28-;. The molecule has 2 saturated carbocycles. The second kappa shape index (κ2) is 14.9. The Hall–Kier alpha value is -2.70. The number of benzene rings is 3. The Morgan fingerprint density at radius 1 is 0.612 bits per heavy atom. The number of phenolic OH excluding ortho intramolecular Hbond substituents is 2. The third-order valence-corrected chi connectivity index (χ3v) is 12.0. The van der Waals surface area contributed by atoms with Crippen molar-refractivity contribution in [1.82, 2.24) is 0 Å². The van der Waals surface area contributed by atoms with E-state index in [0.29, 0.717) is 23.3 Å². The molecule has 3 heteroatoms. The molecule has 5 rings (SSSR count). The average Bonchev–Trinajstić information content (AvgIpc) is 3.68. The first-order chi connectivity index (χ1) is 23.0. The van der Waals surface area contributed by atoms with E-state index in [9.17, 15) is 10.2 Å². The summed E-state index contributed by atoms with van der Waals surface area (Å²) in [6, 6.07) is 18.7. The van der Waals surface area contributed by atoms with Crippen molar-refractivity contribution in [1.29, 1.82) is 0 Å². The number of aromatic hydroxyl groups is 2. The van der Waals surface area contributed by atoms with E-state index in [1.54, 1.807) is 0 Å². The molecule has 4 atom stereocenters. The van der Waals surface area contributed by atoms with Gasteiger partial charge in [0.25, 0.3) is 0 Å². The van der Waals surface area contributed by atoms with Crippen molar-refractivity contribution < 1.29 is 29.6 Å². The van der Waals surface area contributed by atoms with Gasteiger partial charge in [0.15, 0.2) is 0 Å². The Bertz CT molecular complexity index is 1620. The van der Waals surface area contributed by atoms with Crippen LogP contribution in [0.1, 0.15) is 118 Å². The van der Waals surface area contributed by atoms with Crippen molar-refractivity contribution in [2.24, 2.45) is 29.1 Å². The molecule has 0 amide bonds. The molecule has 49 heavy (non-hydrogen) atoms. The van der Waals surface area contributed by atoms with Crippen molar-refractivity contribution in [2.45, 2.75) is 118 Å². The van der Waals surface area contributed by atoms with E-state index >= 15 is 0 Å². The van der Waals surface area contributed by atoms with Crippen LogP contribution in [-0.4, -0.2) is 14.6 Å². The molecule has 262 valence electrons. The minimum Gasteiger partial charge on any atom is -0.507 e. The van der Waals surface area contributed by atoms with Crippen LogP contribution in [0.2, 0.25) is 0 Å². The number of para-hydroxylation sites is 2. The van der Waals surface area contributed by atoms with Crippen molar-refractivity contribution in [3.8, 4) is 33.8 Å². The molecule has 4 unspecified atom stereocenters. The molecule has 0 aromatic heterocycles. The molecule has 2 aliphatic rings. The summed E-state index contributed by atoms with van der Waals surface area (Å²) in [7, 11) is 0. The zero-order valence-corrected chi connectivity index (χ0v) is 33.6. The molecule has 0 bridgehead atoms. The molecule has 0 saturated heterocycles. The third kappa shape index (κ3) is 8.79. The molecular weight excluding hydrogens is 680 g/mol. The van der Waals surface area contributed by atoms with Gasteiger partial charge in [0.2, 0.25) is 0 Å². The van der Waals surface area contributed by atoms with E-state index in [2.05, 4.69) is 147 Å². The van der Waals surface area contributed by atoms with Gasteiger partial charge in [0.1, 0.15) is 11.5 Å². The molecule has 2 N–H and O–H groups in total. The maximum absolute atomic E-state index is 11.8. The summed E-state index contributed by atoms with van der Waals surface area (Å²) in [5, 5.41) is 23.6. The van der Waals surface area contributed by atoms with E-state index in [-0.39, 0.29) is 16.2 Å². The van der Waals surface area contributed by atoms with E-state index in [1.807, 2.05) is 12.1 Å². The van der Waals surface area contributed by atoms with Crippen molar-refractivity contribution >= 4 is 4.40 Å². The van der Waals surface area contributed by atoms with Gasteiger partial charge >= 0.3 is 122 Å². The third-order valence-electron chi connectivity index (χ3n) is 11.1. The molecule has 0 radical (unpaired) electrons. The predicted octanol–water partition coefficient (Wildman–Crippen LogP) is 12.3. The van der Waals surface area contributed by atoms with Crippen molar-refractivity contribution in [3.63, 3.8) is 0 Å². The summed E-state index contributed by atoms with van der Waals surface area (Å²) < 4.78 is 2.41. The van der Waals surface area contributed by atoms with Crippen LogP contribution in [0, 0.1) is 29.1 Å². The fourth-order valence-corrected chi connectivity index (χ4v) is 8.72. The molecule has 0 aliphatic heterocycles. The smallest absolute Gasteiger partial charge is 0.507 e. The average molecular weight is 741 g/mol. The Labute approximate surface area is 308 Å². The number of allylic oxidation sites excluding steroid dienone is 4. The van der Waals surface area contributed by atoms with E-state index < -0.39 is 0 Å². The van der Waals surface area contributed by atoms with Crippen molar-refractivity contribution in [3.05, 3.63) is 95.1 Å². The molecule has 3 aromatic carbocycles. The molecular formula is C46H60MoO2. The molecule has 0 heterocycles. The second-order valence-corrected chi connectivity index (χ2v) is 18.7. The van der Waals surface area contributed by atoms with Gasteiger partial charge in [0.05, 0.1) is 0 Å².